The first-order valence-corrected chi connectivity index (χ1v) is 7.22. The van der Waals surface area contributed by atoms with Crippen LogP contribution in [0, 0.1) is 5.92 Å². The number of fused-ring (bicyclic) bond motifs is 1. The first kappa shape index (κ1) is 12.7. The van der Waals surface area contributed by atoms with Crippen LogP contribution in [-0.4, -0.2) is 28.4 Å². The fraction of sp³-hybridized carbons (Fsp3) is 0.833. The lowest BCUT2D eigenvalue weighted by Crippen LogP contribution is -2.46. The number of primary amides is 1. The molecule has 0 aromatic heterocycles. The molecule has 1 fully saturated rings. The predicted molar refractivity (Wildman–Crippen MR) is 72.0 cm³/mol. The van der Waals surface area contributed by atoms with E-state index in [1.54, 1.807) is 11.8 Å². The van der Waals surface area contributed by atoms with Crippen molar-refractivity contribution < 1.29 is 4.79 Å². The lowest BCUT2D eigenvalue weighted by molar-refractivity contribution is -0.119. The van der Waals surface area contributed by atoms with Crippen LogP contribution in [0.5, 0.6) is 0 Å². The van der Waals surface area contributed by atoms with Crippen molar-refractivity contribution >= 4 is 22.8 Å². The van der Waals surface area contributed by atoms with Gasteiger partial charge < -0.3 is 11.1 Å². The van der Waals surface area contributed by atoms with Crippen LogP contribution >= 0.6 is 11.8 Å². The first-order chi connectivity index (χ1) is 7.96. The maximum atomic E-state index is 11.0. The Hall–Kier alpha value is -0.710. The van der Waals surface area contributed by atoms with Gasteiger partial charge in [0.15, 0.2) is 5.17 Å². The highest BCUT2D eigenvalue weighted by atomic mass is 32.2. The van der Waals surface area contributed by atoms with Crippen LogP contribution in [0.25, 0.3) is 0 Å². The largest absolute Gasteiger partial charge is 0.370 e. The van der Waals surface area contributed by atoms with E-state index in [9.17, 15) is 4.79 Å². The van der Waals surface area contributed by atoms with Crippen molar-refractivity contribution in [3.05, 3.63) is 0 Å². The number of rotatable bonds is 3. The van der Waals surface area contributed by atoms with Crippen molar-refractivity contribution in [1.82, 2.24) is 5.32 Å². The highest BCUT2D eigenvalue weighted by molar-refractivity contribution is 8.13. The van der Waals surface area contributed by atoms with Crippen LogP contribution in [0.15, 0.2) is 4.99 Å². The topological polar surface area (TPSA) is 67.5 Å². The summed E-state index contributed by atoms with van der Waals surface area (Å²) in [5.74, 6) is 1.65. The molecule has 1 saturated carbocycles. The summed E-state index contributed by atoms with van der Waals surface area (Å²) >= 11 is 1.78. The van der Waals surface area contributed by atoms with Gasteiger partial charge in [0.05, 0.1) is 6.04 Å². The summed E-state index contributed by atoms with van der Waals surface area (Å²) < 4.78 is 0. The van der Waals surface area contributed by atoms with E-state index in [2.05, 4.69) is 5.32 Å². The molecular weight excluding hydrogens is 234 g/mol. The van der Waals surface area contributed by atoms with Gasteiger partial charge in [0.2, 0.25) is 5.91 Å². The lowest BCUT2D eigenvalue weighted by atomic mass is 10.0. The third-order valence-electron chi connectivity index (χ3n) is 3.40. The number of nitrogens with zero attached hydrogens (tertiary/aromatic N) is 1. The molecule has 1 amide bonds. The zero-order valence-electron chi connectivity index (χ0n) is 10.5. The summed E-state index contributed by atoms with van der Waals surface area (Å²) in [6, 6.07) is 0.503. The molecule has 2 unspecified atom stereocenters. The monoisotopic (exact) mass is 255 g/mol. The lowest BCUT2D eigenvalue weighted by Gasteiger charge is -2.30. The Labute approximate surface area is 107 Å². The van der Waals surface area contributed by atoms with Crippen LogP contribution in [0.1, 0.15) is 39.5 Å². The number of carbonyl (C=O) groups excluding carboxylic acids is 1. The van der Waals surface area contributed by atoms with E-state index in [1.165, 1.54) is 19.3 Å². The van der Waals surface area contributed by atoms with Crippen molar-refractivity contribution in [2.45, 2.75) is 51.1 Å². The summed E-state index contributed by atoms with van der Waals surface area (Å²) in [6.07, 6.45) is 4.17. The molecule has 4 nitrogen and oxygen atoms in total. The highest BCUT2D eigenvalue weighted by Gasteiger charge is 2.32. The molecule has 2 aliphatic rings. The Morgan fingerprint density at radius 2 is 2.35 bits per heavy atom. The minimum Gasteiger partial charge on any atom is -0.370 e. The average Bonchev–Trinajstić information content (AvgIpc) is 2.61. The average molecular weight is 255 g/mol. The van der Waals surface area contributed by atoms with E-state index in [0.717, 1.165) is 16.8 Å². The summed E-state index contributed by atoms with van der Waals surface area (Å²) in [6.45, 7) is 3.98. The maximum Gasteiger partial charge on any atom is 0.219 e. The summed E-state index contributed by atoms with van der Waals surface area (Å²) in [4.78, 5) is 15.7. The summed E-state index contributed by atoms with van der Waals surface area (Å²) in [7, 11) is 0. The second-order valence-corrected chi connectivity index (χ2v) is 6.66. The van der Waals surface area contributed by atoms with Gasteiger partial charge in [-0.3, -0.25) is 9.79 Å². The number of thioether (sulfide) groups is 1. The Balaban J connectivity index is 1.97. The van der Waals surface area contributed by atoms with Gasteiger partial charge in [-0.05, 0) is 32.6 Å². The van der Waals surface area contributed by atoms with Crippen LogP contribution in [0.3, 0.4) is 0 Å². The molecular formula is C12H21N3OS. The molecule has 1 aliphatic heterocycles. The molecule has 3 N–H and O–H groups in total. The van der Waals surface area contributed by atoms with Gasteiger partial charge >= 0.3 is 0 Å². The molecule has 2 atom stereocenters. The standard InChI is InChI=1S/C12H21N3OS/c1-12(2,6-10(13)16)15-11-14-9-5-3-4-8(9)7-17-11/h8-9H,3-7H2,1-2H3,(H2,13,16)(H,14,15). The fourth-order valence-corrected chi connectivity index (χ4v) is 3.91. The second-order valence-electron chi connectivity index (χ2n) is 5.66. The quantitative estimate of drug-likeness (QED) is 0.803. The normalized spacial score (nSPS) is 28.5. The minimum absolute atomic E-state index is 0.275. The molecule has 0 radical (unpaired) electrons. The molecule has 96 valence electrons. The molecule has 5 heteroatoms. The van der Waals surface area contributed by atoms with Gasteiger partial charge in [0.1, 0.15) is 0 Å². The zero-order chi connectivity index (χ0) is 12.5. The number of aliphatic imine (C=N–C) groups is 1. The van der Waals surface area contributed by atoms with E-state index < -0.39 is 0 Å². The fourth-order valence-electron chi connectivity index (χ4n) is 2.59. The molecule has 17 heavy (non-hydrogen) atoms. The van der Waals surface area contributed by atoms with Gasteiger partial charge in [0, 0.05) is 17.7 Å². The van der Waals surface area contributed by atoms with E-state index in [1.807, 2.05) is 13.8 Å². The number of carbonyl (C=O) groups is 1. The van der Waals surface area contributed by atoms with Crippen molar-refractivity contribution in [1.29, 1.82) is 0 Å². The van der Waals surface area contributed by atoms with Gasteiger partial charge in [-0.2, -0.15) is 0 Å². The molecule has 0 saturated heterocycles. The van der Waals surface area contributed by atoms with Crippen molar-refractivity contribution in [2.24, 2.45) is 16.6 Å². The Bertz CT molecular complexity index is 341. The Morgan fingerprint density at radius 3 is 3.06 bits per heavy atom. The molecule has 1 aliphatic carbocycles. The molecule has 0 aromatic carbocycles. The third-order valence-corrected chi connectivity index (χ3v) is 4.47. The number of nitrogens with one attached hydrogen (secondary N) is 1. The van der Waals surface area contributed by atoms with Crippen LogP contribution < -0.4 is 11.1 Å². The highest BCUT2D eigenvalue weighted by Crippen LogP contribution is 2.35. The number of hydrogen-bond acceptors (Lipinski definition) is 4. The number of hydrogen-bond donors (Lipinski definition) is 2. The van der Waals surface area contributed by atoms with Gasteiger partial charge in [0.25, 0.3) is 0 Å². The minimum atomic E-state index is -0.302. The van der Waals surface area contributed by atoms with Gasteiger partial charge in [-0.15, -0.1) is 0 Å². The van der Waals surface area contributed by atoms with Crippen LogP contribution in [0.4, 0.5) is 0 Å². The van der Waals surface area contributed by atoms with Crippen molar-refractivity contribution in [3.63, 3.8) is 0 Å². The molecule has 0 bridgehead atoms. The number of nitrogens with two attached hydrogens (primary N) is 1. The van der Waals surface area contributed by atoms with E-state index in [-0.39, 0.29) is 11.4 Å². The summed E-state index contributed by atoms with van der Waals surface area (Å²) in [5, 5.41) is 4.34. The molecule has 1 heterocycles. The van der Waals surface area contributed by atoms with E-state index in [4.69, 9.17) is 10.7 Å². The van der Waals surface area contributed by atoms with Crippen LogP contribution in [-0.2, 0) is 4.79 Å². The Kier molecular flexibility index (Phi) is 3.66. The SMILES string of the molecule is CC(C)(CC(N)=O)NC1=NC2CCCC2CS1. The van der Waals surface area contributed by atoms with E-state index in [0.29, 0.717) is 12.5 Å². The van der Waals surface area contributed by atoms with Gasteiger partial charge in [-0.25, -0.2) is 0 Å². The zero-order valence-corrected chi connectivity index (χ0v) is 11.3. The van der Waals surface area contributed by atoms with Crippen LogP contribution in [0.2, 0.25) is 0 Å². The predicted octanol–water partition coefficient (Wildman–Crippen LogP) is 1.50. The molecule has 2 rings (SSSR count). The maximum absolute atomic E-state index is 11.0. The number of amidine groups is 1. The van der Waals surface area contributed by atoms with Crippen molar-refractivity contribution in [2.75, 3.05) is 5.75 Å². The second kappa shape index (κ2) is 4.88. The summed E-state index contributed by atoms with van der Waals surface area (Å²) in [5.41, 5.74) is 4.94. The molecule has 0 aromatic rings. The molecule has 0 spiro atoms. The first-order valence-electron chi connectivity index (χ1n) is 6.23. The Morgan fingerprint density at radius 1 is 1.59 bits per heavy atom. The van der Waals surface area contributed by atoms with Gasteiger partial charge in [-0.1, -0.05) is 18.2 Å². The van der Waals surface area contributed by atoms with Crippen molar-refractivity contribution in [3.8, 4) is 0 Å². The third kappa shape index (κ3) is 3.37. The van der Waals surface area contributed by atoms with E-state index >= 15 is 0 Å². The smallest absolute Gasteiger partial charge is 0.219 e. The number of amides is 1.